The van der Waals surface area contributed by atoms with Crippen LogP contribution in [0.4, 0.5) is 0 Å². The van der Waals surface area contributed by atoms with Gasteiger partial charge in [0.1, 0.15) is 0 Å². The van der Waals surface area contributed by atoms with Gasteiger partial charge in [-0.1, -0.05) is 6.92 Å². The summed E-state index contributed by atoms with van der Waals surface area (Å²) in [7, 11) is 0. The molecule has 0 amide bonds. The fourth-order valence-corrected chi connectivity index (χ4v) is 2.75. The summed E-state index contributed by atoms with van der Waals surface area (Å²) in [5.74, 6) is 0.561. The molecular formula is C11H19N3S. The molecule has 0 aromatic carbocycles. The van der Waals surface area contributed by atoms with Crippen LogP contribution in [0.5, 0.6) is 0 Å². The average molecular weight is 225 g/mol. The summed E-state index contributed by atoms with van der Waals surface area (Å²) >= 11 is 1.77. The summed E-state index contributed by atoms with van der Waals surface area (Å²) in [6, 6.07) is 0.654. The Morgan fingerprint density at radius 2 is 2.60 bits per heavy atom. The molecule has 2 atom stereocenters. The lowest BCUT2D eigenvalue weighted by molar-refractivity contribution is 0.166. The molecule has 1 aromatic heterocycles. The van der Waals surface area contributed by atoms with Crippen molar-refractivity contribution in [2.75, 3.05) is 26.2 Å². The molecule has 0 saturated carbocycles. The molecule has 1 N–H and O–H groups in total. The summed E-state index contributed by atoms with van der Waals surface area (Å²) in [6.45, 7) is 9.10. The zero-order valence-electron chi connectivity index (χ0n) is 9.44. The average Bonchev–Trinajstić information content (AvgIpc) is 2.74. The van der Waals surface area contributed by atoms with E-state index in [2.05, 4.69) is 34.4 Å². The lowest BCUT2D eigenvalue weighted by atomic mass is 10.1. The maximum atomic E-state index is 4.38. The fraction of sp³-hybridized carbons (Fsp3) is 0.727. The summed E-state index contributed by atoms with van der Waals surface area (Å²) < 4.78 is 0. The molecule has 0 aliphatic carbocycles. The van der Waals surface area contributed by atoms with E-state index < -0.39 is 0 Å². The Labute approximate surface area is 95.5 Å². The van der Waals surface area contributed by atoms with E-state index in [1.54, 1.807) is 11.3 Å². The van der Waals surface area contributed by atoms with Crippen molar-refractivity contribution in [3.8, 4) is 0 Å². The van der Waals surface area contributed by atoms with Gasteiger partial charge in [0, 0.05) is 49.7 Å². The van der Waals surface area contributed by atoms with Crippen LogP contribution in [0.2, 0.25) is 0 Å². The maximum Gasteiger partial charge on any atom is 0.0965 e. The third kappa shape index (κ3) is 2.77. The minimum atomic E-state index is 0.561. The molecule has 0 radical (unpaired) electrons. The van der Waals surface area contributed by atoms with E-state index in [1.165, 1.54) is 5.01 Å². The minimum absolute atomic E-state index is 0.561. The predicted molar refractivity (Wildman–Crippen MR) is 64.4 cm³/mol. The smallest absolute Gasteiger partial charge is 0.0965 e. The van der Waals surface area contributed by atoms with Crippen molar-refractivity contribution in [3.05, 3.63) is 16.6 Å². The Bertz CT molecular complexity index is 286. The Hall–Kier alpha value is -0.450. The summed E-state index contributed by atoms with van der Waals surface area (Å²) in [6.07, 6.45) is 1.90. The SMILES string of the molecule is CC(CN1CCNCC1C)c1nccs1. The predicted octanol–water partition coefficient (Wildman–Crippen LogP) is 1.54. The van der Waals surface area contributed by atoms with Crippen LogP contribution in [0.25, 0.3) is 0 Å². The van der Waals surface area contributed by atoms with Crippen molar-refractivity contribution in [1.82, 2.24) is 15.2 Å². The lowest BCUT2D eigenvalue weighted by Crippen LogP contribution is -2.50. The molecule has 1 aliphatic heterocycles. The lowest BCUT2D eigenvalue weighted by Gasteiger charge is -2.35. The van der Waals surface area contributed by atoms with Crippen molar-refractivity contribution in [3.63, 3.8) is 0 Å². The highest BCUT2D eigenvalue weighted by Crippen LogP contribution is 2.19. The number of thiazole rings is 1. The van der Waals surface area contributed by atoms with Crippen molar-refractivity contribution in [2.45, 2.75) is 25.8 Å². The first-order valence-electron chi connectivity index (χ1n) is 5.61. The van der Waals surface area contributed by atoms with Gasteiger partial charge in [0.2, 0.25) is 0 Å². The van der Waals surface area contributed by atoms with Gasteiger partial charge in [0.25, 0.3) is 0 Å². The maximum absolute atomic E-state index is 4.38. The van der Waals surface area contributed by atoms with Crippen molar-refractivity contribution in [1.29, 1.82) is 0 Å². The molecule has 3 nitrogen and oxygen atoms in total. The van der Waals surface area contributed by atoms with E-state index in [0.29, 0.717) is 12.0 Å². The van der Waals surface area contributed by atoms with E-state index in [9.17, 15) is 0 Å². The van der Waals surface area contributed by atoms with Crippen LogP contribution in [0.3, 0.4) is 0 Å². The third-order valence-corrected chi connectivity index (χ3v) is 4.03. The second-order valence-electron chi connectivity index (χ2n) is 4.32. The Morgan fingerprint density at radius 3 is 3.27 bits per heavy atom. The van der Waals surface area contributed by atoms with E-state index in [-0.39, 0.29) is 0 Å². The van der Waals surface area contributed by atoms with Gasteiger partial charge in [-0.15, -0.1) is 11.3 Å². The third-order valence-electron chi connectivity index (χ3n) is 3.02. The van der Waals surface area contributed by atoms with Gasteiger partial charge in [-0.3, -0.25) is 4.90 Å². The van der Waals surface area contributed by atoms with Gasteiger partial charge in [0.05, 0.1) is 5.01 Å². The van der Waals surface area contributed by atoms with E-state index >= 15 is 0 Å². The molecule has 2 heterocycles. The van der Waals surface area contributed by atoms with Crippen LogP contribution >= 0.6 is 11.3 Å². The number of nitrogens with zero attached hydrogens (tertiary/aromatic N) is 2. The summed E-state index contributed by atoms with van der Waals surface area (Å²) in [5.41, 5.74) is 0. The highest BCUT2D eigenvalue weighted by Gasteiger charge is 2.20. The van der Waals surface area contributed by atoms with Crippen LogP contribution < -0.4 is 5.32 Å². The van der Waals surface area contributed by atoms with Gasteiger partial charge < -0.3 is 5.32 Å². The highest BCUT2D eigenvalue weighted by molar-refractivity contribution is 7.09. The molecule has 2 unspecified atom stereocenters. The Kier molecular flexibility index (Phi) is 3.72. The number of piperazine rings is 1. The van der Waals surface area contributed by atoms with Crippen LogP contribution in [0.15, 0.2) is 11.6 Å². The molecule has 15 heavy (non-hydrogen) atoms. The molecule has 84 valence electrons. The quantitative estimate of drug-likeness (QED) is 0.846. The molecule has 1 fully saturated rings. The Morgan fingerprint density at radius 1 is 1.73 bits per heavy atom. The van der Waals surface area contributed by atoms with E-state index in [0.717, 1.165) is 26.2 Å². The second-order valence-corrected chi connectivity index (χ2v) is 5.25. The summed E-state index contributed by atoms with van der Waals surface area (Å²) in [5, 5.41) is 6.74. The number of rotatable bonds is 3. The van der Waals surface area contributed by atoms with Crippen LogP contribution in [0, 0.1) is 0 Å². The van der Waals surface area contributed by atoms with Crippen molar-refractivity contribution >= 4 is 11.3 Å². The minimum Gasteiger partial charge on any atom is -0.314 e. The van der Waals surface area contributed by atoms with Crippen LogP contribution in [-0.4, -0.2) is 42.1 Å². The zero-order valence-corrected chi connectivity index (χ0v) is 10.3. The fourth-order valence-electron chi connectivity index (χ4n) is 2.06. The first kappa shape index (κ1) is 11.0. The molecule has 0 spiro atoms. The summed E-state index contributed by atoms with van der Waals surface area (Å²) in [4.78, 5) is 6.94. The standard InChI is InChI=1S/C11H19N3S/c1-9(11-13-4-6-15-11)8-14-5-3-12-7-10(14)2/h4,6,9-10,12H,3,5,7-8H2,1-2H3. The Balaban J connectivity index is 1.90. The molecule has 2 rings (SSSR count). The first-order valence-corrected chi connectivity index (χ1v) is 6.49. The second kappa shape index (κ2) is 5.05. The topological polar surface area (TPSA) is 28.2 Å². The first-order chi connectivity index (χ1) is 7.27. The highest BCUT2D eigenvalue weighted by atomic mass is 32.1. The number of hydrogen-bond acceptors (Lipinski definition) is 4. The largest absolute Gasteiger partial charge is 0.314 e. The molecule has 1 saturated heterocycles. The van der Waals surface area contributed by atoms with Crippen LogP contribution in [-0.2, 0) is 0 Å². The van der Waals surface area contributed by atoms with Crippen molar-refractivity contribution < 1.29 is 0 Å². The van der Waals surface area contributed by atoms with Gasteiger partial charge >= 0.3 is 0 Å². The normalized spacial score (nSPS) is 25.3. The van der Waals surface area contributed by atoms with E-state index in [4.69, 9.17) is 0 Å². The van der Waals surface area contributed by atoms with Crippen LogP contribution in [0.1, 0.15) is 24.8 Å². The number of hydrogen-bond donors (Lipinski definition) is 1. The molecule has 4 heteroatoms. The number of aromatic nitrogens is 1. The van der Waals surface area contributed by atoms with Gasteiger partial charge in [-0.25, -0.2) is 4.98 Å². The van der Waals surface area contributed by atoms with E-state index in [1.807, 2.05) is 6.20 Å². The van der Waals surface area contributed by atoms with Gasteiger partial charge in [-0.05, 0) is 6.92 Å². The van der Waals surface area contributed by atoms with Gasteiger partial charge in [-0.2, -0.15) is 0 Å². The molecule has 1 aromatic rings. The molecule has 1 aliphatic rings. The zero-order chi connectivity index (χ0) is 10.7. The monoisotopic (exact) mass is 225 g/mol. The van der Waals surface area contributed by atoms with Crippen molar-refractivity contribution in [2.24, 2.45) is 0 Å². The molecular weight excluding hydrogens is 206 g/mol. The number of nitrogens with one attached hydrogen (secondary N) is 1. The molecule has 0 bridgehead atoms. The van der Waals surface area contributed by atoms with Gasteiger partial charge in [0.15, 0.2) is 0 Å².